The Bertz CT molecular complexity index is 2020. The van der Waals surface area contributed by atoms with Crippen LogP contribution < -0.4 is 40.7 Å². The zero-order chi connectivity index (χ0) is 31.7. The van der Waals surface area contributed by atoms with Gasteiger partial charge in [-0.1, -0.05) is 56.1 Å². The van der Waals surface area contributed by atoms with E-state index in [9.17, 15) is 34.5 Å². The molecule has 0 spiro atoms. The number of thiophene rings is 2. The molecule has 232 valence electrons. The van der Waals surface area contributed by atoms with Gasteiger partial charge in [0.2, 0.25) is 0 Å². The van der Waals surface area contributed by atoms with Crippen LogP contribution in [0.4, 0.5) is 0 Å². The number of fused-ring (bicyclic) bond motifs is 2. The molecule has 4 N–H and O–H groups in total. The predicted molar refractivity (Wildman–Crippen MR) is 181 cm³/mol. The summed E-state index contributed by atoms with van der Waals surface area (Å²) in [5, 5.41) is 32.8. The molecule has 2 aromatic carbocycles. The number of aromatic carboxylic acids is 1. The maximum absolute atomic E-state index is 12.4. The van der Waals surface area contributed by atoms with Crippen LogP contribution in [0.1, 0.15) is 38.8 Å². The van der Waals surface area contributed by atoms with E-state index in [1.165, 1.54) is 38.7 Å². The number of carbonyl (C=O) groups excluding carboxylic acids is 1. The van der Waals surface area contributed by atoms with Gasteiger partial charge in [0.25, 0.3) is 11.1 Å². The van der Waals surface area contributed by atoms with Crippen molar-refractivity contribution in [3.05, 3.63) is 123 Å². The number of ketones is 1. The summed E-state index contributed by atoms with van der Waals surface area (Å²) in [7, 11) is 0. The fraction of sp³-hybridized carbons (Fsp3) is 0.0968. The minimum atomic E-state index is -1.31. The van der Waals surface area contributed by atoms with E-state index in [1.54, 1.807) is 17.5 Å². The summed E-state index contributed by atoms with van der Waals surface area (Å²) in [6.07, 6.45) is 0. The Labute approximate surface area is 308 Å². The number of hydrogen-bond acceptors (Lipinski definition) is 9. The summed E-state index contributed by atoms with van der Waals surface area (Å²) >= 11 is 9.24. The third-order valence-electron chi connectivity index (χ3n) is 6.77. The number of carbonyl (C=O) groups is 2. The van der Waals surface area contributed by atoms with Crippen molar-refractivity contribution in [2.24, 2.45) is 0 Å². The first-order valence-electron chi connectivity index (χ1n) is 12.9. The first-order chi connectivity index (χ1) is 21.0. The van der Waals surface area contributed by atoms with E-state index in [1.807, 2.05) is 53.9 Å². The SMILES string of the molecule is CC(=O)c1c(O)c(=O)n(Cc2ccc(Br)cc2)c2ccsc12.O=C(O)c1c(O)c(=O)n(Cc2ccc(Br)cc2)c2ccsc12.[Na+].[OH-]. The molecular formula is C31H23Br2N2NaO8S2. The number of halogens is 2. The van der Waals surface area contributed by atoms with Crippen LogP contribution in [0, 0.1) is 0 Å². The number of carboxylic acid groups (broad SMARTS) is 1. The van der Waals surface area contributed by atoms with Crippen LogP contribution in [0.15, 0.2) is 90.0 Å². The molecule has 0 saturated heterocycles. The van der Waals surface area contributed by atoms with Crippen LogP contribution in [0.2, 0.25) is 0 Å². The van der Waals surface area contributed by atoms with Gasteiger partial charge in [-0.15, -0.1) is 22.7 Å². The van der Waals surface area contributed by atoms with Gasteiger partial charge in [-0.3, -0.25) is 23.5 Å². The Kier molecular flexibility index (Phi) is 12.7. The van der Waals surface area contributed by atoms with E-state index < -0.39 is 28.6 Å². The summed E-state index contributed by atoms with van der Waals surface area (Å²) in [4.78, 5) is 47.8. The van der Waals surface area contributed by atoms with Crippen molar-refractivity contribution in [1.82, 2.24) is 9.13 Å². The van der Waals surface area contributed by atoms with Crippen LogP contribution in [-0.2, 0) is 13.1 Å². The van der Waals surface area contributed by atoms with Crippen molar-refractivity contribution >= 4 is 86.7 Å². The first-order valence-corrected chi connectivity index (χ1v) is 16.2. The molecule has 10 nitrogen and oxygen atoms in total. The van der Waals surface area contributed by atoms with Gasteiger partial charge in [-0.25, -0.2) is 4.79 Å². The number of benzene rings is 2. The Morgan fingerprint density at radius 2 is 1.07 bits per heavy atom. The first kappa shape index (κ1) is 37.4. The quantitative estimate of drug-likeness (QED) is 0.169. The molecule has 6 rings (SSSR count). The second-order valence-corrected chi connectivity index (χ2v) is 13.3. The van der Waals surface area contributed by atoms with Crippen LogP contribution in [0.25, 0.3) is 20.4 Å². The number of aromatic nitrogens is 2. The van der Waals surface area contributed by atoms with E-state index in [0.29, 0.717) is 27.0 Å². The zero-order valence-electron chi connectivity index (χ0n) is 24.2. The van der Waals surface area contributed by atoms with Gasteiger partial charge in [0.05, 0.1) is 39.1 Å². The molecule has 0 unspecified atom stereocenters. The van der Waals surface area contributed by atoms with E-state index >= 15 is 0 Å². The molecular weight excluding hydrogens is 775 g/mol. The monoisotopic (exact) mass is 796 g/mol. The summed E-state index contributed by atoms with van der Waals surface area (Å²) in [6.45, 7) is 1.95. The number of pyridine rings is 2. The van der Waals surface area contributed by atoms with Crippen LogP contribution in [0.5, 0.6) is 11.5 Å². The van der Waals surface area contributed by atoms with E-state index in [-0.39, 0.29) is 58.5 Å². The van der Waals surface area contributed by atoms with Crippen molar-refractivity contribution in [3.8, 4) is 11.5 Å². The minimum Gasteiger partial charge on any atom is -0.870 e. The van der Waals surface area contributed by atoms with Gasteiger partial charge in [-0.2, -0.15) is 0 Å². The Balaban J connectivity index is 0.000000240. The molecule has 4 aromatic heterocycles. The van der Waals surface area contributed by atoms with Crippen molar-refractivity contribution in [1.29, 1.82) is 0 Å². The second-order valence-electron chi connectivity index (χ2n) is 9.61. The average Bonchev–Trinajstić information content (AvgIpc) is 3.66. The smallest absolute Gasteiger partial charge is 0.870 e. The van der Waals surface area contributed by atoms with E-state index in [0.717, 1.165) is 20.1 Å². The third kappa shape index (κ3) is 7.55. The van der Waals surface area contributed by atoms with Gasteiger partial charge in [-0.05, 0) is 65.2 Å². The third-order valence-corrected chi connectivity index (χ3v) is 9.67. The van der Waals surface area contributed by atoms with Gasteiger partial charge in [0.15, 0.2) is 17.3 Å². The largest absolute Gasteiger partial charge is 1.00 e. The Morgan fingerprint density at radius 3 is 1.43 bits per heavy atom. The summed E-state index contributed by atoms with van der Waals surface area (Å²) < 4.78 is 5.80. The minimum absolute atomic E-state index is 0. The molecule has 0 aliphatic rings. The zero-order valence-corrected chi connectivity index (χ0v) is 31.0. The topological polar surface area (TPSA) is 169 Å². The fourth-order valence-corrected chi connectivity index (χ4v) is 7.14. The molecule has 0 aliphatic heterocycles. The number of Topliss-reactive ketones (excluding diaryl/α,β-unsaturated/α-hetero) is 1. The molecule has 4 heterocycles. The molecule has 0 saturated carbocycles. The Morgan fingerprint density at radius 1 is 0.696 bits per heavy atom. The fourth-order valence-electron chi connectivity index (χ4n) is 4.69. The normalized spacial score (nSPS) is 10.5. The Hall–Kier alpha value is -3.08. The average molecular weight is 798 g/mol. The molecule has 0 radical (unpaired) electrons. The summed E-state index contributed by atoms with van der Waals surface area (Å²) in [5.41, 5.74) is 1.52. The maximum Gasteiger partial charge on any atom is 1.00 e. The van der Waals surface area contributed by atoms with Gasteiger partial charge in [0.1, 0.15) is 5.56 Å². The number of aromatic hydroxyl groups is 2. The number of hydrogen-bond donors (Lipinski definition) is 3. The molecule has 6 aromatic rings. The number of rotatable bonds is 6. The molecule has 0 bridgehead atoms. The standard InChI is InChI=1S/C16H12BrNO3S.C15H10BrNO4S.Na.H2O/c1-9(19)13-14(20)16(21)18(12-6-7-22-15(12)13)8-10-2-4-11(17)5-3-10;16-9-3-1-8(2-4-9)7-17-10-5-6-22-13(10)11(15(20)21)12(18)14(17)19;;/h2-7,20H,8H2,1H3;1-6,18H,7H2,(H,20,21);;1H2/q;;+1;/p-1. The maximum atomic E-state index is 12.4. The molecule has 0 aliphatic carbocycles. The molecule has 46 heavy (non-hydrogen) atoms. The van der Waals surface area contributed by atoms with Crippen molar-refractivity contribution in [2.75, 3.05) is 0 Å². The summed E-state index contributed by atoms with van der Waals surface area (Å²) in [5.74, 6) is -2.81. The van der Waals surface area contributed by atoms with Gasteiger partial charge >= 0.3 is 35.5 Å². The summed E-state index contributed by atoms with van der Waals surface area (Å²) in [6, 6.07) is 18.5. The van der Waals surface area contributed by atoms with Gasteiger partial charge < -0.3 is 20.8 Å². The molecule has 0 amide bonds. The van der Waals surface area contributed by atoms with Crippen LogP contribution in [-0.4, -0.2) is 41.7 Å². The van der Waals surface area contributed by atoms with Crippen LogP contribution >= 0.6 is 54.5 Å². The second kappa shape index (κ2) is 15.7. The number of nitrogens with zero attached hydrogens (tertiary/aromatic N) is 2. The van der Waals surface area contributed by atoms with Crippen molar-refractivity contribution < 1.29 is 59.9 Å². The molecule has 15 heteroatoms. The predicted octanol–water partition coefficient (Wildman–Crippen LogP) is 3.89. The van der Waals surface area contributed by atoms with Crippen molar-refractivity contribution in [2.45, 2.75) is 20.0 Å². The van der Waals surface area contributed by atoms with Crippen LogP contribution in [0.3, 0.4) is 0 Å². The van der Waals surface area contributed by atoms with Gasteiger partial charge in [0, 0.05) is 8.95 Å². The number of carboxylic acids is 1. The van der Waals surface area contributed by atoms with Crippen molar-refractivity contribution in [3.63, 3.8) is 0 Å². The molecule has 0 fully saturated rings. The van der Waals surface area contributed by atoms with E-state index in [4.69, 9.17) is 0 Å². The van der Waals surface area contributed by atoms with E-state index in [2.05, 4.69) is 31.9 Å². The molecule has 0 atom stereocenters.